The molecular weight excluding hydrogens is 607 g/mol. The van der Waals surface area contributed by atoms with Crippen LogP contribution in [-0.4, -0.2) is 53.5 Å². The Morgan fingerprint density at radius 3 is 2.30 bits per heavy atom. The third-order valence-corrected chi connectivity index (χ3v) is 7.93. The van der Waals surface area contributed by atoms with Gasteiger partial charge in [0.25, 0.3) is 5.91 Å². The molecule has 0 unspecified atom stereocenters. The number of aliphatic hydroxyl groups is 1. The van der Waals surface area contributed by atoms with E-state index in [4.69, 9.17) is 26.2 Å². The fraction of sp³-hybridized carbons (Fsp3) is 0.562. The molecule has 6 nitrogen and oxygen atoms in total. The van der Waals surface area contributed by atoms with E-state index in [0.29, 0.717) is 44.0 Å². The number of carbonyl (C=O) groups is 2. The van der Waals surface area contributed by atoms with Crippen LogP contribution in [0.5, 0.6) is 5.75 Å². The average Bonchev–Trinajstić information content (AvgIpc) is 3.88. The molecule has 1 heterocycles. The summed E-state index contributed by atoms with van der Waals surface area (Å²) in [5.41, 5.74) is 0.874. The van der Waals surface area contributed by atoms with Gasteiger partial charge in [-0.2, -0.15) is 13.2 Å². The molecule has 0 spiro atoms. The van der Waals surface area contributed by atoms with Crippen LogP contribution in [0.4, 0.5) is 22.0 Å². The van der Waals surface area contributed by atoms with Crippen LogP contribution in [0.25, 0.3) is 0 Å². The minimum absolute atomic E-state index is 0.00559. The summed E-state index contributed by atoms with van der Waals surface area (Å²) in [5, 5.41) is 10.3. The Kier molecular flexibility index (Phi) is 12.6. The number of piperidine rings is 1. The number of halogens is 6. The summed E-state index contributed by atoms with van der Waals surface area (Å²) in [7, 11) is 0. The van der Waals surface area contributed by atoms with Crippen molar-refractivity contribution >= 4 is 24.3 Å². The molecule has 2 aliphatic carbocycles. The maximum atomic E-state index is 15.0. The molecule has 0 radical (unpaired) electrons. The van der Waals surface area contributed by atoms with Crippen molar-refractivity contribution < 1.29 is 41.4 Å². The Balaban J connectivity index is 0.000000816. The number of amides is 1. The molecule has 1 amide bonds. The molecular formula is C32H40ClF5N2O4. The Morgan fingerprint density at radius 1 is 1.11 bits per heavy atom. The van der Waals surface area contributed by atoms with Crippen molar-refractivity contribution in [2.75, 3.05) is 6.54 Å². The first kappa shape index (κ1) is 35.7. The van der Waals surface area contributed by atoms with Crippen molar-refractivity contribution in [1.29, 1.82) is 0 Å². The number of alkyl halides is 3. The standard InChI is InChI=1S/C28H30ClF5N2O2.C3H8O.CH2O/c1-2-19-12-20(38-25-11-17(28(32,33)34)10-23(29)26(25)31)7-8-36(19)14-16-9-24(30)22(13-21(16)15-3-4-15)27(37)35-18-5-6-18;1-3(2)4;1-2/h9-11,13,15,18-20H,2-8,12,14H2,1H3,(H,35,37);3-4H,1-2H3;1H2/t19-,20-;;/m0../s1. The largest absolute Gasteiger partial charge is 0.487 e. The topological polar surface area (TPSA) is 78.9 Å². The molecule has 244 valence electrons. The number of rotatable bonds is 8. The number of likely N-dealkylation sites (tertiary alicyclic amines) is 1. The molecule has 0 aromatic heterocycles. The van der Waals surface area contributed by atoms with Gasteiger partial charge in [-0.3, -0.25) is 9.69 Å². The minimum atomic E-state index is -4.67. The van der Waals surface area contributed by atoms with Crippen molar-refractivity contribution in [3.8, 4) is 5.75 Å². The highest BCUT2D eigenvalue weighted by atomic mass is 35.5. The maximum Gasteiger partial charge on any atom is 0.416 e. The first-order chi connectivity index (χ1) is 20.8. The van der Waals surface area contributed by atoms with E-state index in [1.807, 2.05) is 13.7 Å². The number of aliphatic hydroxyl groups excluding tert-OH is 1. The lowest BCUT2D eigenvalue weighted by Crippen LogP contribution is -2.45. The van der Waals surface area contributed by atoms with Gasteiger partial charge in [-0.15, -0.1) is 0 Å². The van der Waals surface area contributed by atoms with Crippen molar-refractivity contribution in [1.82, 2.24) is 10.2 Å². The first-order valence-electron chi connectivity index (χ1n) is 14.8. The zero-order valence-electron chi connectivity index (χ0n) is 25.2. The Bertz CT molecular complexity index is 1280. The summed E-state index contributed by atoms with van der Waals surface area (Å²) in [6.07, 6.45) is 0.195. The van der Waals surface area contributed by atoms with E-state index < -0.39 is 40.3 Å². The second-order valence-electron chi connectivity index (χ2n) is 11.7. The fourth-order valence-corrected chi connectivity index (χ4v) is 5.43. The molecule has 3 aliphatic rings. The van der Waals surface area contributed by atoms with Gasteiger partial charge in [-0.1, -0.05) is 18.5 Å². The van der Waals surface area contributed by atoms with Gasteiger partial charge in [0.15, 0.2) is 11.6 Å². The number of ether oxygens (including phenoxy) is 1. The van der Waals surface area contributed by atoms with E-state index in [0.717, 1.165) is 43.2 Å². The Hall–Kier alpha value is -2.76. The fourth-order valence-electron chi connectivity index (χ4n) is 5.22. The van der Waals surface area contributed by atoms with Gasteiger partial charge in [-0.05, 0) is 100 Å². The molecule has 1 saturated heterocycles. The van der Waals surface area contributed by atoms with Crippen LogP contribution >= 0.6 is 11.6 Å². The zero-order chi connectivity index (χ0) is 32.8. The third-order valence-electron chi connectivity index (χ3n) is 7.65. The third kappa shape index (κ3) is 9.87. The number of benzene rings is 2. The van der Waals surface area contributed by atoms with Crippen molar-refractivity contribution in [2.24, 2.45) is 0 Å². The summed E-state index contributed by atoms with van der Waals surface area (Å²) in [5.74, 6) is -2.11. The number of hydrogen-bond donors (Lipinski definition) is 2. The van der Waals surface area contributed by atoms with Gasteiger partial charge in [0.1, 0.15) is 18.7 Å². The predicted molar refractivity (Wildman–Crippen MR) is 158 cm³/mol. The first-order valence-corrected chi connectivity index (χ1v) is 15.2. The van der Waals surface area contributed by atoms with E-state index in [1.54, 1.807) is 19.9 Å². The second-order valence-corrected chi connectivity index (χ2v) is 12.1. The van der Waals surface area contributed by atoms with Gasteiger partial charge >= 0.3 is 6.18 Å². The number of nitrogens with one attached hydrogen (secondary N) is 1. The summed E-state index contributed by atoms with van der Waals surface area (Å²) in [6, 6.07) is 4.53. The zero-order valence-corrected chi connectivity index (χ0v) is 25.9. The number of carbonyl (C=O) groups excluding carboxylic acids is 2. The summed E-state index contributed by atoms with van der Waals surface area (Å²) >= 11 is 5.71. The lowest BCUT2D eigenvalue weighted by Gasteiger charge is -2.39. The molecule has 2 atom stereocenters. The molecule has 1 aliphatic heterocycles. The molecule has 12 heteroatoms. The van der Waals surface area contributed by atoms with Gasteiger partial charge in [0, 0.05) is 31.3 Å². The van der Waals surface area contributed by atoms with Crippen LogP contribution < -0.4 is 10.1 Å². The molecule has 2 aromatic carbocycles. The molecule has 44 heavy (non-hydrogen) atoms. The molecule has 2 saturated carbocycles. The van der Waals surface area contributed by atoms with Crippen molar-refractivity contribution in [2.45, 2.75) is 109 Å². The summed E-state index contributed by atoms with van der Waals surface area (Å²) in [4.78, 5) is 22.8. The lowest BCUT2D eigenvalue weighted by atomic mass is 9.94. The number of nitrogens with zero attached hydrogens (tertiary/aromatic N) is 1. The van der Waals surface area contributed by atoms with Gasteiger partial charge in [0.2, 0.25) is 0 Å². The monoisotopic (exact) mass is 646 g/mol. The highest BCUT2D eigenvalue weighted by molar-refractivity contribution is 6.31. The molecule has 3 fully saturated rings. The van der Waals surface area contributed by atoms with Crippen LogP contribution in [-0.2, 0) is 17.5 Å². The van der Waals surface area contributed by atoms with E-state index >= 15 is 4.39 Å². The normalized spacial score (nSPS) is 20.2. The van der Waals surface area contributed by atoms with E-state index in [9.17, 15) is 22.4 Å². The lowest BCUT2D eigenvalue weighted by molar-refractivity contribution is -0.137. The highest BCUT2D eigenvalue weighted by Gasteiger charge is 2.35. The van der Waals surface area contributed by atoms with Crippen LogP contribution in [0.15, 0.2) is 24.3 Å². The maximum absolute atomic E-state index is 15.0. The summed E-state index contributed by atoms with van der Waals surface area (Å²) in [6.45, 7) is 8.48. The van der Waals surface area contributed by atoms with Gasteiger partial charge in [0.05, 0.1) is 16.1 Å². The second kappa shape index (κ2) is 15.5. The predicted octanol–water partition coefficient (Wildman–Crippen LogP) is 7.43. The Morgan fingerprint density at radius 2 is 1.75 bits per heavy atom. The van der Waals surface area contributed by atoms with Gasteiger partial charge in [-0.25, -0.2) is 8.78 Å². The van der Waals surface area contributed by atoms with Crippen LogP contribution in [0.3, 0.4) is 0 Å². The van der Waals surface area contributed by atoms with E-state index in [-0.39, 0.29) is 29.7 Å². The molecule has 5 rings (SSSR count). The SMILES string of the molecule is C=O.CC(C)O.CC[C@H]1C[C@@H](Oc2cc(C(F)(F)F)cc(Cl)c2F)CCN1Cc1cc(F)c(C(=O)NC2CC2)cc1C1CC1. The van der Waals surface area contributed by atoms with Crippen molar-refractivity contribution in [3.63, 3.8) is 0 Å². The van der Waals surface area contributed by atoms with Crippen LogP contribution in [0.1, 0.15) is 98.7 Å². The summed E-state index contributed by atoms with van der Waals surface area (Å²) < 4.78 is 74.8. The van der Waals surface area contributed by atoms with E-state index in [1.165, 1.54) is 6.07 Å². The minimum Gasteiger partial charge on any atom is -0.487 e. The molecule has 2 N–H and O–H groups in total. The average molecular weight is 647 g/mol. The molecule has 2 aromatic rings. The quantitative estimate of drug-likeness (QED) is 0.292. The van der Waals surface area contributed by atoms with Gasteiger partial charge < -0.3 is 20.0 Å². The Labute approximate surface area is 259 Å². The molecule has 0 bridgehead atoms. The van der Waals surface area contributed by atoms with Crippen LogP contribution in [0.2, 0.25) is 5.02 Å². The van der Waals surface area contributed by atoms with E-state index in [2.05, 4.69) is 10.2 Å². The smallest absolute Gasteiger partial charge is 0.416 e. The van der Waals surface area contributed by atoms with Crippen molar-refractivity contribution in [3.05, 3.63) is 63.2 Å². The number of hydrogen-bond acceptors (Lipinski definition) is 5. The highest BCUT2D eigenvalue weighted by Crippen LogP contribution is 2.43. The van der Waals surface area contributed by atoms with Crippen LogP contribution in [0, 0.1) is 11.6 Å².